The summed E-state index contributed by atoms with van der Waals surface area (Å²) >= 11 is 5.69. The molecule has 2 aromatic rings. The van der Waals surface area contributed by atoms with Gasteiger partial charge in [0.05, 0.1) is 6.61 Å². The van der Waals surface area contributed by atoms with E-state index in [2.05, 4.69) is 10.4 Å². The number of hydrogen-bond acceptors (Lipinski definition) is 8. The second-order valence-corrected chi connectivity index (χ2v) is 9.02. The summed E-state index contributed by atoms with van der Waals surface area (Å²) in [5.41, 5.74) is 0.982. The Balaban J connectivity index is 2.00. The van der Waals surface area contributed by atoms with Crippen LogP contribution in [0.2, 0.25) is 0 Å². The summed E-state index contributed by atoms with van der Waals surface area (Å²) < 4.78 is 15.4. The molecule has 0 spiro atoms. The first kappa shape index (κ1) is 25.3. The molecular formula is C22H32N4O6S. The van der Waals surface area contributed by atoms with Gasteiger partial charge in [0.15, 0.2) is 16.8 Å². The number of aromatic nitrogens is 3. The molecule has 5 atom stereocenters. The highest BCUT2D eigenvalue weighted by atomic mass is 32.1. The molecule has 1 saturated heterocycles. The normalized spacial score (nSPS) is 25.3. The minimum absolute atomic E-state index is 0.139. The number of ether oxygens (including phenoxy) is 2. The van der Waals surface area contributed by atoms with Crippen LogP contribution in [0.5, 0.6) is 5.75 Å². The van der Waals surface area contributed by atoms with Crippen molar-refractivity contribution in [3.63, 3.8) is 0 Å². The molecular weight excluding hydrogens is 448 g/mol. The van der Waals surface area contributed by atoms with Crippen molar-refractivity contribution < 1.29 is 29.6 Å². The highest BCUT2D eigenvalue weighted by molar-refractivity contribution is 7.71. The minimum atomic E-state index is -1.39. The summed E-state index contributed by atoms with van der Waals surface area (Å²) in [6.45, 7) is 7.52. The molecule has 1 amide bonds. The number of para-hydroxylation sites is 1. The Hall–Kier alpha value is -2.31. The van der Waals surface area contributed by atoms with Gasteiger partial charge >= 0.3 is 0 Å². The van der Waals surface area contributed by atoms with E-state index in [9.17, 15) is 20.1 Å². The van der Waals surface area contributed by atoms with Crippen LogP contribution in [0, 0.1) is 17.6 Å². The molecule has 1 aliphatic rings. The lowest BCUT2D eigenvalue weighted by molar-refractivity contribution is -0.219. The monoisotopic (exact) mass is 480 g/mol. The van der Waals surface area contributed by atoms with Crippen LogP contribution < -0.4 is 10.1 Å². The van der Waals surface area contributed by atoms with Gasteiger partial charge in [0.2, 0.25) is 5.91 Å². The van der Waals surface area contributed by atoms with E-state index in [1.165, 1.54) is 11.6 Å². The first-order chi connectivity index (χ1) is 15.6. The molecule has 33 heavy (non-hydrogen) atoms. The average molecular weight is 481 g/mol. The van der Waals surface area contributed by atoms with Gasteiger partial charge < -0.3 is 34.7 Å². The van der Waals surface area contributed by atoms with Crippen LogP contribution in [0.1, 0.15) is 38.4 Å². The number of aliphatic hydroxyl groups excluding tert-OH is 3. The zero-order chi connectivity index (χ0) is 24.3. The molecule has 0 unspecified atom stereocenters. The van der Waals surface area contributed by atoms with Crippen LogP contribution in [0.25, 0.3) is 0 Å². The Labute approximate surface area is 197 Å². The molecule has 0 radical (unpaired) electrons. The van der Waals surface area contributed by atoms with E-state index in [0.29, 0.717) is 17.1 Å². The van der Waals surface area contributed by atoms with Crippen molar-refractivity contribution in [3.8, 4) is 5.75 Å². The van der Waals surface area contributed by atoms with E-state index >= 15 is 0 Å². The third-order valence-corrected chi connectivity index (χ3v) is 5.88. The van der Waals surface area contributed by atoms with Gasteiger partial charge in [0.1, 0.15) is 36.7 Å². The van der Waals surface area contributed by atoms with Crippen molar-refractivity contribution in [2.24, 2.45) is 5.92 Å². The van der Waals surface area contributed by atoms with E-state index in [0.717, 1.165) is 11.3 Å². The maximum Gasteiger partial charge on any atom is 0.217 e. The SMILES string of the molecule is CC(=O)N[C@@H]1[C@@H](O)[C@H](O)[C@@H](CO)O[C@H]1n1nc(COc2ccccc2C)n(CC(C)C)c1=S. The Morgan fingerprint density at radius 3 is 2.61 bits per heavy atom. The lowest BCUT2D eigenvalue weighted by Crippen LogP contribution is -2.62. The molecule has 0 aliphatic carbocycles. The predicted molar refractivity (Wildman–Crippen MR) is 122 cm³/mol. The van der Waals surface area contributed by atoms with E-state index in [4.69, 9.17) is 21.7 Å². The smallest absolute Gasteiger partial charge is 0.217 e. The van der Waals surface area contributed by atoms with Crippen molar-refractivity contribution in [1.82, 2.24) is 19.7 Å². The van der Waals surface area contributed by atoms with Gasteiger partial charge in [0.25, 0.3) is 0 Å². The van der Waals surface area contributed by atoms with E-state index < -0.39 is 43.1 Å². The number of rotatable bonds is 8. The molecule has 1 aromatic heterocycles. The fourth-order valence-electron chi connectivity index (χ4n) is 3.83. The van der Waals surface area contributed by atoms with E-state index in [1.807, 2.05) is 49.6 Å². The Bertz CT molecular complexity index is 1020. The van der Waals surface area contributed by atoms with Crippen molar-refractivity contribution in [3.05, 3.63) is 40.4 Å². The number of hydrogen-bond donors (Lipinski definition) is 4. The van der Waals surface area contributed by atoms with E-state index in [1.54, 1.807) is 0 Å². The van der Waals surface area contributed by atoms with Crippen LogP contribution in [-0.2, 0) is 22.7 Å². The molecule has 0 saturated carbocycles. The van der Waals surface area contributed by atoms with Crippen LogP contribution >= 0.6 is 12.2 Å². The minimum Gasteiger partial charge on any atom is -0.485 e. The zero-order valence-electron chi connectivity index (χ0n) is 19.2. The molecule has 3 rings (SSSR count). The summed E-state index contributed by atoms with van der Waals surface area (Å²) in [4.78, 5) is 11.8. The molecule has 1 aliphatic heterocycles. The third-order valence-electron chi connectivity index (χ3n) is 5.47. The summed E-state index contributed by atoms with van der Waals surface area (Å²) in [6, 6.07) is 6.60. The average Bonchev–Trinajstić information content (AvgIpc) is 3.06. The second kappa shape index (κ2) is 10.7. The summed E-state index contributed by atoms with van der Waals surface area (Å²) in [5.74, 6) is 1.10. The van der Waals surface area contributed by atoms with Crippen molar-refractivity contribution in [1.29, 1.82) is 0 Å². The van der Waals surface area contributed by atoms with Crippen LogP contribution in [0.3, 0.4) is 0 Å². The molecule has 11 heteroatoms. The summed E-state index contributed by atoms with van der Waals surface area (Å²) in [7, 11) is 0. The Morgan fingerprint density at radius 2 is 2.00 bits per heavy atom. The van der Waals surface area contributed by atoms with Gasteiger partial charge in [0, 0.05) is 13.5 Å². The van der Waals surface area contributed by atoms with Crippen molar-refractivity contribution >= 4 is 18.1 Å². The molecule has 4 N–H and O–H groups in total. The van der Waals surface area contributed by atoms with Gasteiger partial charge in [-0.15, -0.1) is 0 Å². The van der Waals surface area contributed by atoms with E-state index in [-0.39, 0.29) is 12.5 Å². The lowest BCUT2D eigenvalue weighted by atomic mass is 9.96. The fraction of sp³-hybridized carbons (Fsp3) is 0.591. The Morgan fingerprint density at radius 1 is 1.30 bits per heavy atom. The number of benzene rings is 1. The fourth-order valence-corrected chi connectivity index (χ4v) is 4.16. The lowest BCUT2D eigenvalue weighted by Gasteiger charge is -2.42. The number of nitrogens with zero attached hydrogens (tertiary/aromatic N) is 3. The summed E-state index contributed by atoms with van der Waals surface area (Å²) in [5, 5.41) is 37.8. The number of amides is 1. The maximum absolute atomic E-state index is 11.8. The highest BCUT2D eigenvalue weighted by Gasteiger charge is 2.46. The number of carbonyl (C=O) groups excluding carboxylic acids is 1. The van der Waals surface area contributed by atoms with Gasteiger partial charge in [-0.3, -0.25) is 4.79 Å². The maximum atomic E-state index is 11.8. The quantitative estimate of drug-likeness (QED) is 0.413. The van der Waals surface area contributed by atoms with Crippen molar-refractivity contribution in [2.45, 2.75) is 71.4 Å². The van der Waals surface area contributed by atoms with Gasteiger partial charge in [-0.1, -0.05) is 32.0 Å². The van der Waals surface area contributed by atoms with Crippen LogP contribution in [-0.4, -0.2) is 66.5 Å². The Kier molecular flexibility index (Phi) is 8.24. The zero-order valence-corrected chi connectivity index (χ0v) is 20.0. The first-order valence-electron chi connectivity index (χ1n) is 10.9. The molecule has 1 fully saturated rings. The predicted octanol–water partition coefficient (Wildman–Crippen LogP) is 1.07. The topological polar surface area (TPSA) is 131 Å². The van der Waals surface area contributed by atoms with Gasteiger partial charge in [-0.25, -0.2) is 4.68 Å². The highest BCUT2D eigenvalue weighted by Crippen LogP contribution is 2.29. The number of carbonyl (C=O) groups is 1. The third kappa shape index (κ3) is 5.61. The first-order valence-corrected chi connectivity index (χ1v) is 11.3. The molecule has 1 aromatic carbocycles. The van der Waals surface area contributed by atoms with Gasteiger partial charge in [-0.2, -0.15) is 5.10 Å². The summed E-state index contributed by atoms with van der Waals surface area (Å²) in [6.07, 6.45) is -4.89. The standard InChI is InChI=1S/C22H32N4O6S/c1-12(2)9-25-17(11-31-15-8-6-5-7-13(15)3)24-26(22(25)33)21-18(23-14(4)28)20(30)19(29)16(10-27)32-21/h5-8,12,16,18-21,27,29-30H,9-11H2,1-4H3,(H,23,28)/t16-,18-,19-,20-,21-/m1/s1. The van der Waals surface area contributed by atoms with Crippen LogP contribution in [0.4, 0.5) is 0 Å². The second-order valence-electron chi connectivity index (χ2n) is 8.66. The van der Waals surface area contributed by atoms with Gasteiger partial charge in [-0.05, 0) is 36.7 Å². The molecule has 10 nitrogen and oxygen atoms in total. The molecule has 182 valence electrons. The van der Waals surface area contributed by atoms with Crippen LogP contribution in [0.15, 0.2) is 24.3 Å². The molecule has 2 heterocycles. The number of nitrogens with one attached hydrogen (secondary N) is 1. The molecule has 0 bridgehead atoms. The van der Waals surface area contributed by atoms with Crippen molar-refractivity contribution in [2.75, 3.05) is 6.61 Å². The number of aliphatic hydroxyl groups is 3. The number of aryl methyl sites for hydroxylation is 1. The largest absolute Gasteiger partial charge is 0.485 e.